The summed E-state index contributed by atoms with van der Waals surface area (Å²) in [7, 11) is -0.761. The van der Waals surface area contributed by atoms with Crippen molar-refractivity contribution in [2.45, 2.75) is 31.4 Å². The number of aromatic nitrogens is 1. The van der Waals surface area contributed by atoms with E-state index in [1.165, 1.54) is 36.9 Å². The Morgan fingerprint density at radius 2 is 1.57 bits per heavy atom. The van der Waals surface area contributed by atoms with Gasteiger partial charge in [0.2, 0.25) is 21.2 Å². The van der Waals surface area contributed by atoms with Crippen LogP contribution in [-0.4, -0.2) is 83.4 Å². The molecule has 56 heavy (non-hydrogen) atoms. The van der Waals surface area contributed by atoms with Gasteiger partial charge in [-0.15, -0.1) is 0 Å². The molecular weight excluding hydrogens is 744 g/mol. The van der Waals surface area contributed by atoms with Gasteiger partial charge >= 0.3 is 0 Å². The standard InChI is InChI=1S/C41H43FN4O9S/c1-4-44-25-31(41(48)43-13-12-28-20-37(51-2)40(38(21-28)52-3)55-26-27-8-6-5-7-9-27)39(47)30-23-32(42)34(24-33(30)44)45-14-16-46(17-15-45)56(49,50)29-10-11-35-36(22-29)54-19-18-53-35/h5-11,20-25H,4,12-19,26H2,1-3H3,(H,43,48). The molecule has 1 saturated heterocycles. The molecular formula is C41H43FN4O9S. The Hall–Kier alpha value is -5.80. The van der Waals surface area contributed by atoms with Gasteiger partial charge in [-0.2, -0.15) is 4.31 Å². The molecule has 13 nitrogen and oxygen atoms in total. The summed E-state index contributed by atoms with van der Waals surface area (Å²) in [6, 6.07) is 20.6. The van der Waals surface area contributed by atoms with Gasteiger partial charge < -0.3 is 38.5 Å². The fourth-order valence-corrected chi connectivity index (χ4v) is 8.37. The minimum atomic E-state index is -3.84. The Kier molecular flexibility index (Phi) is 11.3. The number of carbonyl (C=O) groups is 1. The lowest BCUT2D eigenvalue weighted by molar-refractivity contribution is 0.0952. The third-order valence-corrected chi connectivity index (χ3v) is 11.8. The average molecular weight is 787 g/mol. The number of nitrogens with zero attached hydrogens (tertiary/aromatic N) is 3. The zero-order valence-corrected chi connectivity index (χ0v) is 32.2. The molecule has 15 heteroatoms. The van der Waals surface area contributed by atoms with Gasteiger partial charge in [0.25, 0.3) is 5.91 Å². The minimum absolute atomic E-state index is 0.0705. The van der Waals surface area contributed by atoms with Crippen LogP contribution in [0.1, 0.15) is 28.4 Å². The van der Waals surface area contributed by atoms with Gasteiger partial charge in [0.15, 0.2) is 23.0 Å². The summed E-state index contributed by atoms with van der Waals surface area (Å²) in [5, 5.41) is 2.90. The van der Waals surface area contributed by atoms with Crippen molar-refractivity contribution in [3.8, 4) is 28.7 Å². The number of amides is 1. The number of hydrogen-bond acceptors (Lipinski definition) is 10. The van der Waals surface area contributed by atoms with Crippen LogP contribution in [0.4, 0.5) is 10.1 Å². The third-order valence-electron chi connectivity index (χ3n) is 9.91. The summed E-state index contributed by atoms with van der Waals surface area (Å²) in [4.78, 5) is 28.9. The van der Waals surface area contributed by atoms with Crippen LogP contribution in [0.5, 0.6) is 28.7 Å². The van der Waals surface area contributed by atoms with E-state index < -0.39 is 27.2 Å². The van der Waals surface area contributed by atoms with Gasteiger partial charge in [0.1, 0.15) is 31.2 Å². The second-order valence-electron chi connectivity index (χ2n) is 13.3. The maximum absolute atomic E-state index is 15.8. The number of methoxy groups -OCH3 is 2. The number of carbonyl (C=O) groups excluding carboxylic acids is 1. The van der Waals surface area contributed by atoms with Crippen molar-refractivity contribution in [3.05, 3.63) is 112 Å². The quantitative estimate of drug-likeness (QED) is 0.174. The van der Waals surface area contributed by atoms with E-state index in [1.54, 1.807) is 21.6 Å². The highest BCUT2D eigenvalue weighted by Crippen LogP contribution is 2.39. The van der Waals surface area contributed by atoms with E-state index in [-0.39, 0.29) is 54.3 Å². The maximum Gasteiger partial charge on any atom is 0.256 e. The molecule has 2 aliphatic heterocycles. The Labute approximate surface area is 324 Å². The number of pyridine rings is 1. The first kappa shape index (κ1) is 38.5. The summed E-state index contributed by atoms with van der Waals surface area (Å²) < 4.78 is 74.2. The first-order valence-corrected chi connectivity index (χ1v) is 19.8. The molecule has 1 aromatic heterocycles. The summed E-state index contributed by atoms with van der Waals surface area (Å²) in [5.74, 6) is 1.07. The number of piperazine rings is 1. The van der Waals surface area contributed by atoms with Crippen LogP contribution in [0, 0.1) is 5.82 Å². The smallest absolute Gasteiger partial charge is 0.256 e. The predicted octanol–water partition coefficient (Wildman–Crippen LogP) is 5.01. The Bertz CT molecular complexity index is 2390. The number of ether oxygens (including phenoxy) is 5. The Balaban J connectivity index is 1.03. The van der Waals surface area contributed by atoms with E-state index in [2.05, 4.69) is 5.32 Å². The van der Waals surface area contributed by atoms with Crippen LogP contribution in [0.2, 0.25) is 0 Å². The molecule has 5 aromatic rings. The highest BCUT2D eigenvalue weighted by Gasteiger charge is 2.31. The predicted molar refractivity (Wildman–Crippen MR) is 209 cm³/mol. The van der Waals surface area contributed by atoms with Gasteiger partial charge in [-0.25, -0.2) is 12.8 Å². The topological polar surface area (TPSA) is 138 Å². The number of aryl methyl sites for hydroxylation is 1. The summed E-state index contributed by atoms with van der Waals surface area (Å²) >= 11 is 0. The average Bonchev–Trinajstić information content (AvgIpc) is 3.23. The first-order valence-electron chi connectivity index (χ1n) is 18.3. The molecule has 0 unspecified atom stereocenters. The first-order chi connectivity index (χ1) is 27.1. The van der Waals surface area contributed by atoms with Crippen molar-refractivity contribution in [2.75, 3.05) is 65.1 Å². The number of hydrogen-bond donors (Lipinski definition) is 1. The molecule has 1 fully saturated rings. The number of halogens is 1. The van der Waals surface area contributed by atoms with Crippen LogP contribution in [0.25, 0.3) is 10.9 Å². The summed E-state index contributed by atoms with van der Waals surface area (Å²) in [5.41, 5.74) is 1.81. The molecule has 1 amide bonds. The zero-order valence-electron chi connectivity index (χ0n) is 31.4. The van der Waals surface area contributed by atoms with Crippen LogP contribution in [0.15, 0.2) is 88.7 Å². The van der Waals surface area contributed by atoms with Crippen molar-refractivity contribution in [1.82, 2.24) is 14.2 Å². The van der Waals surface area contributed by atoms with Crippen LogP contribution >= 0.6 is 0 Å². The lowest BCUT2D eigenvalue weighted by atomic mass is 10.1. The number of sulfonamides is 1. The number of fused-ring (bicyclic) bond motifs is 2. The SMILES string of the molecule is CCn1cc(C(=O)NCCc2cc(OC)c(OCc3ccccc3)c(OC)c2)c(=O)c2cc(F)c(N3CCN(S(=O)(=O)c4ccc5c(c4)OCCO5)CC3)cc21. The molecule has 1 N–H and O–H groups in total. The molecule has 0 spiro atoms. The van der Waals surface area contributed by atoms with E-state index in [0.29, 0.717) is 67.1 Å². The lowest BCUT2D eigenvalue weighted by Gasteiger charge is -2.35. The number of benzene rings is 4. The fourth-order valence-electron chi connectivity index (χ4n) is 6.93. The van der Waals surface area contributed by atoms with Crippen molar-refractivity contribution in [1.29, 1.82) is 0 Å². The van der Waals surface area contributed by atoms with E-state index in [1.807, 2.05) is 49.4 Å². The third kappa shape index (κ3) is 7.82. The lowest BCUT2D eigenvalue weighted by Crippen LogP contribution is -2.49. The van der Waals surface area contributed by atoms with Crippen LogP contribution in [-0.2, 0) is 29.6 Å². The molecule has 7 rings (SSSR count). The normalized spacial score (nSPS) is 14.4. The summed E-state index contributed by atoms with van der Waals surface area (Å²) in [6.07, 6.45) is 1.89. The van der Waals surface area contributed by atoms with E-state index in [9.17, 15) is 18.0 Å². The molecule has 4 aromatic carbocycles. The number of nitrogens with one attached hydrogen (secondary N) is 1. The monoisotopic (exact) mass is 786 g/mol. The second-order valence-corrected chi connectivity index (χ2v) is 15.2. The largest absolute Gasteiger partial charge is 0.493 e. The van der Waals surface area contributed by atoms with Crippen molar-refractivity contribution >= 4 is 32.5 Å². The van der Waals surface area contributed by atoms with Crippen molar-refractivity contribution in [3.63, 3.8) is 0 Å². The molecule has 0 atom stereocenters. The molecule has 0 bridgehead atoms. The van der Waals surface area contributed by atoms with E-state index in [4.69, 9.17) is 23.7 Å². The molecule has 0 radical (unpaired) electrons. The highest BCUT2D eigenvalue weighted by molar-refractivity contribution is 7.89. The number of rotatable bonds is 13. The fraction of sp³-hybridized carbons (Fsp3) is 0.317. The van der Waals surface area contributed by atoms with Crippen LogP contribution < -0.4 is 39.3 Å². The Morgan fingerprint density at radius 1 is 0.875 bits per heavy atom. The Morgan fingerprint density at radius 3 is 2.25 bits per heavy atom. The minimum Gasteiger partial charge on any atom is -0.493 e. The summed E-state index contributed by atoms with van der Waals surface area (Å²) in [6.45, 7) is 4.22. The molecule has 294 valence electrons. The van der Waals surface area contributed by atoms with Gasteiger partial charge in [0.05, 0.1) is 30.3 Å². The maximum atomic E-state index is 15.8. The van der Waals surface area contributed by atoms with Crippen molar-refractivity contribution < 1.29 is 41.3 Å². The van der Waals surface area contributed by atoms with E-state index >= 15 is 4.39 Å². The van der Waals surface area contributed by atoms with Crippen molar-refractivity contribution in [2.24, 2.45) is 0 Å². The van der Waals surface area contributed by atoms with Crippen LogP contribution in [0.3, 0.4) is 0 Å². The highest BCUT2D eigenvalue weighted by atomic mass is 32.2. The van der Waals surface area contributed by atoms with E-state index in [0.717, 1.165) is 17.2 Å². The van der Waals surface area contributed by atoms with Gasteiger partial charge in [-0.3, -0.25) is 9.59 Å². The van der Waals surface area contributed by atoms with Gasteiger partial charge in [-0.1, -0.05) is 30.3 Å². The molecule has 2 aliphatic rings. The van der Waals surface area contributed by atoms with Gasteiger partial charge in [0, 0.05) is 56.9 Å². The second kappa shape index (κ2) is 16.5. The van der Waals surface area contributed by atoms with Gasteiger partial charge in [-0.05, 0) is 60.9 Å². The molecule has 0 saturated carbocycles. The molecule has 0 aliphatic carbocycles. The number of anilines is 1. The zero-order chi connectivity index (χ0) is 39.4. The molecule has 3 heterocycles.